The second kappa shape index (κ2) is 17.3. The summed E-state index contributed by atoms with van der Waals surface area (Å²) in [5.74, 6) is -1.16. The fourth-order valence-corrected chi connectivity index (χ4v) is 5.13. The molecule has 1 saturated carbocycles. The first kappa shape index (κ1) is 42.6. The number of aliphatic hydroxyl groups is 7. The maximum absolute atomic E-state index is 12.1. The molecule has 15 atom stereocenters. The van der Waals surface area contributed by atoms with Crippen LogP contribution in [-0.2, 0) is 34.1 Å². The number of aldehydes is 1. The Balaban J connectivity index is 0.00000280. The standard InChI is InChI=1S/C21H39N7O12.Na.H2O4S.H/c1-5-21(36,4-30)16(40-17-9(26-2)13(34)10(31)6(3-29)38-17)18(37-5)39-15-8(28-20(24)25)11(32)7(27-19(22)23)12(33)14(15)35;;1-5(2,3)4;/h4-18,26,29,31-36H,3H2,1-2H3,(H4,22,23,27)(H4,24,25,28);;(H2,1,2,3,4);/q;+1;;-1/t5-,6-,7+,8-,9-,10-,11+,12-,13-,14+,15+,16-,17-,18-,21+;;;/m0.../s1. The summed E-state index contributed by atoms with van der Waals surface area (Å²) in [7, 11) is -3.25. The zero-order chi connectivity index (χ0) is 34.6. The van der Waals surface area contributed by atoms with Gasteiger partial charge in [-0.25, -0.2) is 4.99 Å². The van der Waals surface area contributed by atoms with E-state index in [9.17, 15) is 40.5 Å². The molecule has 23 nitrogen and oxygen atoms in total. The first-order chi connectivity index (χ1) is 20.7. The van der Waals surface area contributed by atoms with Crippen molar-refractivity contribution in [2.75, 3.05) is 13.7 Å². The van der Waals surface area contributed by atoms with Crippen molar-refractivity contribution in [3.05, 3.63) is 0 Å². The molecule has 2 heterocycles. The summed E-state index contributed by atoms with van der Waals surface area (Å²) in [6.45, 7) is 0.616. The van der Waals surface area contributed by atoms with E-state index in [-0.39, 0.29) is 37.3 Å². The van der Waals surface area contributed by atoms with Crippen LogP contribution in [0.3, 0.4) is 0 Å². The van der Waals surface area contributed by atoms with Gasteiger partial charge in [-0.15, -0.1) is 0 Å². The number of aliphatic imine (C=N–C) groups is 1. The average molecular weight is 704 g/mol. The molecule has 3 aliphatic rings. The summed E-state index contributed by atoms with van der Waals surface area (Å²) in [6, 6.07) is -4.02. The van der Waals surface area contributed by atoms with Gasteiger partial charge in [-0.05, 0) is 14.0 Å². The molecule has 264 valence electrons. The smallest absolute Gasteiger partial charge is 1.00 e. The molecule has 3 rings (SSSR count). The predicted octanol–water partition coefficient (Wildman–Crippen LogP) is -11.5. The number of nitrogens with two attached hydrogens (primary N) is 3. The monoisotopic (exact) mass is 703 g/mol. The molecular weight excluding hydrogens is 661 g/mol. The summed E-state index contributed by atoms with van der Waals surface area (Å²) >= 11 is 0. The van der Waals surface area contributed by atoms with Crippen molar-refractivity contribution >= 4 is 28.6 Å². The van der Waals surface area contributed by atoms with Crippen LogP contribution in [0.15, 0.2) is 4.99 Å². The Hall–Kier alpha value is -1.40. The summed E-state index contributed by atoms with van der Waals surface area (Å²) in [5, 5.41) is 86.6. The van der Waals surface area contributed by atoms with Crippen LogP contribution in [0.4, 0.5) is 0 Å². The second-order valence-electron chi connectivity index (χ2n) is 10.4. The van der Waals surface area contributed by atoms with Crippen LogP contribution in [0, 0.1) is 5.41 Å². The Morgan fingerprint density at radius 1 is 1.00 bits per heavy atom. The van der Waals surface area contributed by atoms with Crippen molar-refractivity contribution in [3.63, 3.8) is 0 Å². The van der Waals surface area contributed by atoms with Crippen molar-refractivity contribution in [2.45, 2.75) is 98.2 Å². The number of carbonyl (C=O) groups excluding carboxylic acids is 1. The van der Waals surface area contributed by atoms with Gasteiger partial charge in [-0.1, -0.05) is 0 Å². The van der Waals surface area contributed by atoms with Crippen molar-refractivity contribution < 1.29 is 108 Å². The third-order valence-corrected chi connectivity index (χ3v) is 7.40. The molecule has 1 aliphatic carbocycles. The van der Waals surface area contributed by atoms with E-state index < -0.39 is 120 Å². The number of hydrogen-bond donors (Lipinski definition) is 15. The quantitative estimate of drug-likeness (QED) is 0.0348. The molecule has 0 spiro atoms. The molecule has 46 heavy (non-hydrogen) atoms. The minimum atomic E-state index is -4.67. The molecule has 0 aromatic rings. The minimum absolute atomic E-state index is 0. The Morgan fingerprint density at radius 2 is 1.57 bits per heavy atom. The number of hydrogen-bond acceptors (Lipinski definition) is 17. The van der Waals surface area contributed by atoms with Gasteiger partial charge in [-0.3, -0.25) is 19.3 Å². The predicted molar refractivity (Wildman–Crippen MR) is 147 cm³/mol. The Bertz CT molecular complexity index is 1160. The number of ether oxygens (including phenoxy) is 4. The first-order valence-corrected chi connectivity index (χ1v) is 14.5. The number of nitrogens with one attached hydrogen (secondary N) is 3. The van der Waals surface area contributed by atoms with E-state index in [0.717, 1.165) is 0 Å². The largest absolute Gasteiger partial charge is 1.00 e. The van der Waals surface area contributed by atoms with Crippen LogP contribution in [0.1, 0.15) is 8.35 Å². The Kier molecular flexibility index (Phi) is 16.0. The minimum Gasteiger partial charge on any atom is -1.00 e. The van der Waals surface area contributed by atoms with Crippen LogP contribution >= 0.6 is 0 Å². The fraction of sp³-hybridized carbons (Fsp3) is 0.857. The van der Waals surface area contributed by atoms with Gasteiger partial charge >= 0.3 is 40.0 Å². The topological polar surface area (TPSA) is 409 Å². The first-order valence-electron chi connectivity index (χ1n) is 13.1. The Morgan fingerprint density at radius 3 is 2.02 bits per heavy atom. The zero-order valence-corrected chi connectivity index (χ0v) is 27.7. The number of nitrogens with zero attached hydrogens (tertiary/aromatic N) is 1. The molecular formula is C21H42N7NaO16S. The van der Waals surface area contributed by atoms with Crippen LogP contribution in [0.25, 0.3) is 0 Å². The summed E-state index contributed by atoms with van der Waals surface area (Å²) in [4.78, 5) is 15.8. The maximum atomic E-state index is 12.1. The van der Waals surface area contributed by atoms with Crippen molar-refractivity contribution in [3.8, 4) is 0 Å². The number of aliphatic hydroxyl groups excluding tert-OH is 6. The van der Waals surface area contributed by atoms with Crippen molar-refractivity contribution in [1.29, 1.82) is 5.41 Å². The number of likely N-dealkylation sites (N-methyl/N-ethyl adjacent to an activating group) is 1. The van der Waals surface area contributed by atoms with Gasteiger partial charge in [-0.2, -0.15) is 8.42 Å². The molecule has 0 unspecified atom stereocenters. The third-order valence-electron chi connectivity index (χ3n) is 7.40. The van der Waals surface area contributed by atoms with E-state index >= 15 is 0 Å². The summed E-state index contributed by atoms with van der Waals surface area (Å²) < 4.78 is 54.5. The molecule has 3 fully saturated rings. The van der Waals surface area contributed by atoms with Crippen molar-refractivity contribution in [1.82, 2.24) is 10.6 Å². The summed E-state index contributed by atoms with van der Waals surface area (Å²) in [6.07, 6.45) is -17.3. The van der Waals surface area contributed by atoms with E-state index in [2.05, 4.69) is 15.6 Å². The molecule has 18 N–H and O–H groups in total. The van der Waals surface area contributed by atoms with Gasteiger partial charge in [0.25, 0.3) is 0 Å². The number of carbonyl (C=O) groups is 1. The Labute approximate surface area is 285 Å². The van der Waals surface area contributed by atoms with E-state index in [1.165, 1.54) is 14.0 Å². The number of rotatable bonds is 9. The molecule has 25 heteroatoms. The van der Waals surface area contributed by atoms with Crippen LogP contribution in [-0.4, -0.2) is 176 Å². The van der Waals surface area contributed by atoms with E-state index in [0.29, 0.717) is 0 Å². The normalized spacial score (nSPS) is 42.5. The molecule has 0 amide bonds. The van der Waals surface area contributed by atoms with Crippen LogP contribution in [0.2, 0.25) is 0 Å². The molecule has 0 aromatic heterocycles. The van der Waals surface area contributed by atoms with Gasteiger partial charge < -0.3 is 84.0 Å². The van der Waals surface area contributed by atoms with E-state index in [4.69, 9.17) is 59.1 Å². The van der Waals surface area contributed by atoms with Gasteiger partial charge in [0, 0.05) is 0 Å². The second-order valence-corrected chi connectivity index (χ2v) is 11.3. The SMILES string of the molecule is CN[C@@H]1[C@H](O[C@H]2[C@H](O[C@H]3[C@H](O)[C@@H](O)[C@H](N=C(N)N)[C@@H](O)[C@@H]3NC(=N)N)O[C@@H](C)[C@]2(O)C=O)O[C@@H](CO)[C@H](O)[C@H]1O.O=S(=O)(O)O.[H-].[Na+]. The van der Waals surface area contributed by atoms with Crippen molar-refractivity contribution in [2.24, 2.45) is 22.2 Å². The molecule has 0 radical (unpaired) electrons. The van der Waals surface area contributed by atoms with Gasteiger partial charge in [0.1, 0.15) is 54.9 Å². The van der Waals surface area contributed by atoms with Gasteiger partial charge in [0.05, 0.1) is 24.8 Å². The fourth-order valence-electron chi connectivity index (χ4n) is 5.13. The summed E-state index contributed by atoms with van der Waals surface area (Å²) in [5.41, 5.74) is 13.8. The van der Waals surface area contributed by atoms with Gasteiger partial charge in [0.15, 0.2) is 36.4 Å². The van der Waals surface area contributed by atoms with E-state index in [1.807, 2.05) is 0 Å². The maximum Gasteiger partial charge on any atom is 1.00 e. The number of guanidine groups is 2. The average Bonchev–Trinajstić information content (AvgIpc) is 3.16. The molecule has 0 bridgehead atoms. The molecule has 2 aliphatic heterocycles. The zero-order valence-electron chi connectivity index (χ0n) is 25.8. The van der Waals surface area contributed by atoms with E-state index in [1.54, 1.807) is 0 Å². The van der Waals surface area contributed by atoms with Gasteiger partial charge in [0.2, 0.25) is 0 Å². The van der Waals surface area contributed by atoms with Crippen LogP contribution in [0.5, 0.6) is 0 Å². The van der Waals surface area contributed by atoms with Crippen LogP contribution < -0.4 is 57.4 Å². The molecule has 2 saturated heterocycles. The molecule has 0 aromatic carbocycles. The third kappa shape index (κ3) is 10.1.